The highest BCUT2D eigenvalue weighted by Gasteiger charge is 2.25. The van der Waals surface area contributed by atoms with Crippen molar-refractivity contribution < 1.29 is 34.0 Å². The number of aliphatic hydroxyl groups excluding tert-OH is 1. The third-order valence-electron chi connectivity index (χ3n) is 6.67. The number of carboxylic acid groups (broad SMARTS) is 1. The van der Waals surface area contributed by atoms with Crippen LogP contribution in [0.15, 0.2) is 48.6 Å². The second kappa shape index (κ2) is 20.8. The molecule has 0 saturated carbocycles. The first-order valence-corrected chi connectivity index (χ1v) is 18.3. The van der Waals surface area contributed by atoms with Gasteiger partial charge in [-0.15, -0.1) is 0 Å². The van der Waals surface area contributed by atoms with E-state index in [1.165, 1.54) is 6.92 Å². The maximum atomic E-state index is 11.8. The second-order valence-electron chi connectivity index (χ2n) is 12.0. The van der Waals surface area contributed by atoms with E-state index in [2.05, 4.69) is 33.1 Å². The summed E-state index contributed by atoms with van der Waals surface area (Å²) in [6.45, 7) is 21.0. The summed E-state index contributed by atoms with van der Waals surface area (Å²) < 4.78 is 17.3. The molecule has 0 heterocycles. The van der Waals surface area contributed by atoms with Gasteiger partial charge in [-0.1, -0.05) is 96.3 Å². The molecule has 0 aromatic heterocycles. The van der Waals surface area contributed by atoms with Crippen LogP contribution >= 0.6 is 0 Å². The van der Waals surface area contributed by atoms with E-state index in [1.54, 1.807) is 6.08 Å². The Labute approximate surface area is 244 Å². The number of rotatable bonds is 22. The molecule has 0 rings (SSSR count). The first kappa shape index (κ1) is 38.0. The number of hydrogen-bond acceptors (Lipinski definition) is 6. The van der Waals surface area contributed by atoms with Crippen LogP contribution in [-0.2, 0) is 23.8 Å². The second-order valence-corrected chi connectivity index (χ2v) is 17.6. The van der Waals surface area contributed by atoms with Crippen LogP contribution in [0.5, 0.6) is 0 Å². The summed E-state index contributed by atoms with van der Waals surface area (Å²) in [5, 5.41) is 19.9. The van der Waals surface area contributed by atoms with Crippen molar-refractivity contribution in [2.45, 2.75) is 111 Å². The molecule has 0 aromatic rings. The monoisotopic (exact) mass is 580 g/mol. The highest BCUT2D eigenvalue weighted by atomic mass is 28.3. The number of unbranched alkanes of at least 4 members (excludes halogenated alkanes) is 1. The lowest BCUT2D eigenvalue weighted by molar-refractivity contribution is -0.149. The van der Waals surface area contributed by atoms with Crippen molar-refractivity contribution >= 4 is 20.0 Å². The number of ether oxygens (including phenoxy) is 3. The molecule has 0 saturated heterocycles. The van der Waals surface area contributed by atoms with Crippen molar-refractivity contribution in [1.82, 2.24) is 0 Å². The highest BCUT2D eigenvalue weighted by Crippen LogP contribution is 2.20. The summed E-state index contributed by atoms with van der Waals surface area (Å²) in [6, 6.07) is 1.05. The number of allylic oxidation sites excluding steroid dienone is 3. The van der Waals surface area contributed by atoms with Gasteiger partial charge in [0.15, 0.2) is 0 Å². The number of hydrogen-bond donors (Lipinski definition) is 2. The topological polar surface area (TPSA) is 102 Å². The van der Waals surface area contributed by atoms with Gasteiger partial charge in [0.1, 0.15) is 19.0 Å². The van der Waals surface area contributed by atoms with Crippen LogP contribution in [-0.4, -0.2) is 61.9 Å². The lowest BCUT2D eigenvalue weighted by Gasteiger charge is -2.25. The van der Waals surface area contributed by atoms with Crippen LogP contribution in [0.2, 0.25) is 25.7 Å². The van der Waals surface area contributed by atoms with E-state index < -0.39 is 32.2 Å². The largest absolute Gasteiger partial charge is 0.481 e. The SMILES string of the molecule is C=C(CC/C=C/[C@H](OCOCC[Si](C)(C)C)[C@H](C)/C=C/[C@@H](OC(C)=O)[C@H](O)[C@H](C)/C=C/CCC)[C@H](C)CC(=O)O. The molecule has 40 heavy (non-hydrogen) atoms. The summed E-state index contributed by atoms with van der Waals surface area (Å²) in [6.07, 6.45) is 13.1. The fourth-order valence-corrected chi connectivity index (χ4v) is 4.55. The molecule has 0 amide bonds. The van der Waals surface area contributed by atoms with Gasteiger partial charge in [-0.05, 0) is 37.3 Å². The lowest BCUT2D eigenvalue weighted by Crippen LogP contribution is -2.34. The van der Waals surface area contributed by atoms with Crippen LogP contribution in [0, 0.1) is 17.8 Å². The van der Waals surface area contributed by atoms with Crippen molar-refractivity contribution in [3.05, 3.63) is 48.6 Å². The Balaban J connectivity index is 5.45. The number of aliphatic hydroxyl groups is 1. The molecule has 0 aromatic carbocycles. The predicted octanol–water partition coefficient (Wildman–Crippen LogP) is 7.16. The van der Waals surface area contributed by atoms with Gasteiger partial charge in [0.25, 0.3) is 0 Å². The normalized spacial score (nSPS) is 17.1. The van der Waals surface area contributed by atoms with E-state index in [1.807, 2.05) is 51.2 Å². The van der Waals surface area contributed by atoms with Crippen molar-refractivity contribution in [3.63, 3.8) is 0 Å². The average Bonchev–Trinajstić information content (AvgIpc) is 2.85. The summed E-state index contributed by atoms with van der Waals surface area (Å²) in [7, 11) is -1.20. The van der Waals surface area contributed by atoms with Crippen molar-refractivity contribution in [1.29, 1.82) is 0 Å². The summed E-state index contributed by atoms with van der Waals surface area (Å²) in [5.74, 6) is -1.63. The molecule has 8 heteroatoms. The van der Waals surface area contributed by atoms with Crippen LogP contribution in [0.3, 0.4) is 0 Å². The molecule has 0 aliphatic carbocycles. The van der Waals surface area contributed by atoms with Crippen LogP contribution in [0.25, 0.3) is 0 Å². The van der Waals surface area contributed by atoms with E-state index in [9.17, 15) is 14.7 Å². The Kier molecular flexibility index (Phi) is 19.8. The standard InChI is InChI=1S/C32H56O7Si/c1-10-11-12-16-26(4)32(36)30(39-28(6)33)19-18-25(3)29(38-23-37-20-21-40(7,8)9)17-14-13-15-24(2)27(5)22-31(34)35/h12,14,16-19,25-27,29-30,32,36H,2,10-11,13,15,20-23H2,1,3-9H3,(H,34,35)/b16-12+,17-14+,19-18+/t25-,26-,27-,29+,30-,32-/m1/s1. The Bertz CT molecular complexity index is 828. The van der Waals surface area contributed by atoms with Gasteiger partial charge in [0.2, 0.25) is 0 Å². The predicted molar refractivity (Wildman–Crippen MR) is 166 cm³/mol. The van der Waals surface area contributed by atoms with Crippen molar-refractivity contribution in [2.75, 3.05) is 13.4 Å². The zero-order valence-corrected chi connectivity index (χ0v) is 27.2. The summed E-state index contributed by atoms with van der Waals surface area (Å²) >= 11 is 0. The first-order chi connectivity index (χ1) is 18.7. The molecule has 7 nitrogen and oxygen atoms in total. The zero-order valence-electron chi connectivity index (χ0n) is 26.2. The molecular weight excluding hydrogens is 524 g/mol. The van der Waals surface area contributed by atoms with E-state index in [0.717, 1.165) is 24.5 Å². The molecule has 230 valence electrons. The smallest absolute Gasteiger partial charge is 0.303 e. The Morgan fingerprint density at radius 3 is 2.17 bits per heavy atom. The highest BCUT2D eigenvalue weighted by molar-refractivity contribution is 6.76. The summed E-state index contributed by atoms with van der Waals surface area (Å²) in [5.41, 5.74) is 0.910. The van der Waals surface area contributed by atoms with Gasteiger partial charge in [0.05, 0.1) is 12.5 Å². The van der Waals surface area contributed by atoms with E-state index >= 15 is 0 Å². The molecule has 0 aliphatic heterocycles. The maximum Gasteiger partial charge on any atom is 0.303 e. The van der Waals surface area contributed by atoms with Gasteiger partial charge in [-0.2, -0.15) is 0 Å². The third kappa shape index (κ3) is 19.1. The minimum atomic E-state index is -1.20. The molecule has 0 aliphatic rings. The van der Waals surface area contributed by atoms with E-state index in [4.69, 9.17) is 19.3 Å². The number of carbonyl (C=O) groups is 2. The molecule has 0 unspecified atom stereocenters. The number of carboxylic acids is 1. The van der Waals surface area contributed by atoms with Gasteiger partial charge >= 0.3 is 11.9 Å². The van der Waals surface area contributed by atoms with Crippen molar-refractivity contribution in [3.8, 4) is 0 Å². The molecule has 0 spiro atoms. The quantitative estimate of drug-likeness (QED) is 0.0460. The van der Waals surface area contributed by atoms with Gasteiger partial charge < -0.3 is 24.4 Å². The molecule has 0 bridgehead atoms. The minimum absolute atomic E-state index is 0.0766. The van der Waals surface area contributed by atoms with Crippen LogP contribution in [0.4, 0.5) is 0 Å². The van der Waals surface area contributed by atoms with Crippen LogP contribution < -0.4 is 0 Å². The number of aliphatic carboxylic acids is 1. The van der Waals surface area contributed by atoms with Gasteiger partial charge in [-0.25, -0.2) is 0 Å². The van der Waals surface area contributed by atoms with E-state index in [-0.39, 0.29) is 37.1 Å². The molecule has 0 radical (unpaired) electrons. The number of esters is 1. The lowest BCUT2D eigenvalue weighted by atomic mass is 9.94. The van der Waals surface area contributed by atoms with Gasteiger partial charge in [-0.3, -0.25) is 9.59 Å². The Morgan fingerprint density at radius 2 is 1.60 bits per heavy atom. The van der Waals surface area contributed by atoms with Crippen LogP contribution in [0.1, 0.15) is 66.7 Å². The molecule has 6 atom stereocenters. The van der Waals surface area contributed by atoms with Crippen molar-refractivity contribution in [2.24, 2.45) is 17.8 Å². The number of carbonyl (C=O) groups excluding carboxylic acids is 1. The Morgan fingerprint density at radius 1 is 0.950 bits per heavy atom. The molecule has 2 N–H and O–H groups in total. The third-order valence-corrected chi connectivity index (χ3v) is 8.37. The fraction of sp³-hybridized carbons (Fsp3) is 0.688. The summed E-state index contributed by atoms with van der Waals surface area (Å²) in [4.78, 5) is 22.7. The zero-order chi connectivity index (χ0) is 30.7. The van der Waals surface area contributed by atoms with Gasteiger partial charge in [0, 0.05) is 33.4 Å². The maximum absolute atomic E-state index is 11.8. The first-order valence-electron chi connectivity index (χ1n) is 14.6. The van der Waals surface area contributed by atoms with E-state index in [0.29, 0.717) is 19.4 Å². The Hall–Kier alpha value is -2.00. The molecule has 0 fully saturated rings. The average molecular weight is 581 g/mol. The fourth-order valence-electron chi connectivity index (χ4n) is 3.80. The molecular formula is C32H56O7Si. The minimum Gasteiger partial charge on any atom is -0.481 e.